The maximum Gasteiger partial charge on any atom is 0.146 e. The second-order valence-corrected chi connectivity index (χ2v) is 4.51. The fourth-order valence-electron chi connectivity index (χ4n) is 2.26. The fourth-order valence-corrected chi connectivity index (χ4v) is 2.26. The minimum absolute atomic E-state index is 0.370. The molecule has 1 unspecified atom stereocenters. The van der Waals surface area contributed by atoms with E-state index in [2.05, 4.69) is 10.3 Å². The predicted octanol–water partition coefficient (Wildman–Crippen LogP) is 2.62. The molecular weight excluding hydrogens is 252 g/mol. The molecule has 1 N–H and O–H groups in total. The zero-order chi connectivity index (χ0) is 13.9. The van der Waals surface area contributed by atoms with Gasteiger partial charge in [0, 0.05) is 11.1 Å². The van der Waals surface area contributed by atoms with Crippen molar-refractivity contribution < 1.29 is 9.53 Å². The summed E-state index contributed by atoms with van der Waals surface area (Å²) in [6.45, 7) is 0. The number of amidine groups is 1. The molecular formula is C16H14N2O2. The van der Waals surface area contributed by atoms with E-state index in [0.29, 0.717) is 5.84 Å². The summed E-state index contributed by atoms with van der Waals surface area (Å²) in [5, 5.41) is 3.15. The summed E-state index contributed by atoms with van der Waals surface area (Å²) in [5.74, 6) is 1.44. The van der Waals surface area contributed by atoms with E-state index in [4.69, 9.17) is 4.74 Å². The highest BCUT2D eigenvalue weighted by atomic mass is 16.5. The molecule has 1 aliphatic heterocycles. The minimum atomic E-state index is -0.370. The standard InChI is InChI=1S/C16H14N2O2/c1-20-12-6-4-5-11(9-12)16-17-14-8-3-2-7-13(14)15(10-19)18-16/h2-10,15H,1H3,(H,17,18). The van der Waals surface area contributed by atoms with Crippen LogP contribution < -0.4 is 10.1 Å². The van der Waals surface area contributed by atoms with Crippen molar-refractivity contribution in [2.45, 2.75) is 6.04 Å². The number of aliphatic imine (C=N–C) groups is 1. The van der Waals surface area contributed by atoms with Crippen LogP contribution in [0.5, 0.6) is 5.75 Å². The van der Waals surface area contributed by atoms with Gasteiger partial charge in [-0.3, -0.25) is 0 Å². The number of aldehydes is 1. The first kappa shape index (κ1) is 12.4. The second-order valence-electron chi connectivity index (χ2n) is 4.51. The SMILES string of the molecule is COc1cccc(C2=Nc3ccccc3C(C=O)N2)c1. The molecule has 20 heavy (non-hydrogen) atoms. The molecule has 0 aromatic heterocycles. The molecule has 0 aliphatic carbocycles. The van der Waals surface area contributed by atoms with Crippen molar-refractivity contribution >= 4 is 17.8 Å². The van der Waals surface area contributed by atoms with Crippen LogP contribution in [0.15, 0.2) is 53.5 Å². The third kappa shape index (κ3) is 2.16. The Morgan fingerprint density at radius 2 is 2.05 bits per heavy atom. The topological polar surface area (TPSA) is 50.7 Å². The van der Waals surface area contributed by atoms with Crippen LogP contribution in [0.2, 0.25) is 0 Å². The highest BCUT2D eigenvalue weighted by Crippen LogP contribution is 2.29. The Kier molecular flexibility index (Phi) is 3.21. The number of carbonyl (C=O) groups excluding carboxylic acids is 1. The normalized spacial score (nSPS) is 16.6. The van der Waals surface area contributed by atoms with Crippen molar-refractivity contribution in [2.24, 2.45) is 4.99 Å². The molecule has 4 heteroatoms. The van der Waals surface area contributed by atoms with Gasteiger partial charge in [-0.05, 0) is 18.2 Å². The van der Waals surface area contributed by atoms with Crippen molar-refractivity contribution in [2.75, 3.05) is 7.11 Å². The van der Waals surface area contributed by atoms with Crippen LogP contribution in [0.3, 0.4) is 0 Å². The van der Waals surface area contributed by atoms with Gasteiger partial charge in [-0.15, -0.1) is 0 Å². The number of para-hydroxylation sites is 1. The maximum atomic E-state index is 11.3. The molecule has 0 saturated heterocycles. The Morgan fingerprint density at radius 3 is 2.85 bits per heavy atom. The van der Waals surface area contributed by atoms with Crippen LogP contribution in [-0.4, -0.2) is 19.2 Å². The van der Waals surface area contributed by atoms with Crippen molar-refractivity contribution in [3.05, 3.63) is 59.7 Å². The Hall–Kier alpha value is -2.62. The Morgan fingerprint density at radius 1 is 1.20 bits per heavy atom. The Bertz CT molecular complexity index is 680. The number of hydrogen-bond donors (Lipinski definition) is 1. The molecule has 1 heterocycles. The Balaban J connectivity index is 2.07. The molecule has 3 rings (SSSR count). The van der Waals surface area contributed by atoms with Gasteiger partial charge in [-0.25, -0.2) is 4.99 Å². The maximum absolute atomic E-state index is 11.3. The van der Waals surface area contributed by atoms with Gasteiger partial charge in [0.15, 0.2) is 0 Å². The van der Waals surface area contributed by atoms with E-state index in [1.807, 2.05) is 48.5 Å². The van der Waals surface area contributed by atoms with Crippen LogP contribution in [-0.2, 0) is 4.79 Å². The summed E-state index contributed by atoms with van der Waals surface area (Å²) in [6, 6.07) is 14.9. The lowest BCUT2D eigenvalue weighted by Crippen LogP contribution is -2.32. The lowest BCUT2D eigenvalue weighted by molar-refractivity contribution is -0.109. The minimum Gasteiger partial charge on any atom is -0.497 e. The van der Waals surface area contributed by atoms with Gasteiger partial charge in [0.25, 0.3) is 0 Å². The molecule has 100 valence electrons. The molecule has 1 atom stereocenters. The first-order valence-electron chi connectivity index (χ1n) is 6.35. The fraction of sp³-hybridized carbons (Fsp3) is 0.125. The van der Waals surface area contributed by atoms with Crippen LogP contribution in [0, 0.1) is 0 Å². The third-order valence-electron chi connectivity index (χ3n) is 3.28. The summed E-state index contributed by atoms with van der Waals surface area (Å²) in [5.41, 5.74) is 2.61. The molecule has 0 spiro atoms. The van der Waals surface area contributed by atoms with Gasteiger partial charge >= 0.3 is 0 Å². The molecule has 0 radical (unpaired) electrons. The summed E-state index contributed by atoms with van der Waals surface area (Å²) in [6.07, 6.45) is 0.897. The summed E-state index contributed by atoms with van der Waals surface area (Å²) < 4.78 is 5.22. The van der Waals surface area contributed by atoms with Gasteiger partial charge < -0.3 is 14.8 Å². The van der Waals surface area contributed by atoms with Crippen molar-refractivity contribution in [1.29, 1.82) is 0 Å². The predicted molar refractivity (Wildman–Crippen MR) is 77.6 cm³/mol. The lowest BCUT2D eigenvalue weighted by Gasteiger charge is -2.23. The zero-order valence-electron chi connectivity index (χ0n) is 11.0. The summed E-state index contributed by atoms with van der Waals surface area (Å²) >= 11 is 0. The van der Waals surface area contributed by atoms with Crippen molar-refractivity contribution in [1.82, 2.24) is 5.32 Å². The number of carbonyl (C=O) groups is 1. The summed E-state index contributed by atoms with van der Waals surface area (Å²) in [4.78, 5) is 15.9. The van der Waals surface area contributed by atoms with Crippen molar-refractivity contribution in [3.8, 4) is 5.75 Å². The van der Waals surface area contributed by atoms with Crippen LogP contribution in [0.1, 0.15) is 17.2 Å². The van der Waals surface area contributed by atoms with E-state index in [1.54, 1.807) is 7.11 Å². The number of rotatable bonds is 3. The first-order chi connectivity index (χ1) is 9.81. The number of fused-ring (bicyclic) bond motifs is 1. The Labute approximate surface area is 117 Å². The number of nitrogens with zero attached hydrogens (tertiary/aromatic N) is 1. The van der Waals surface area contributed by atoms with Crippen LogP contribution in [0.25, 0.3) is 0 Å². The zero-order valence-corrected chi connectivity index (χ0v) is 11.0. The smallest absolute Gasteiger partial charge is 0.146 e. The van der Waals surface area contributed by atoms with E-state index in [9.17, 15) is 4.79 Å². The second kappa shape index (κ2) is 5.17. The molecule has 0 saturated carbocycles. The van der Waals surface area contributed by atoms with Crippen molar-refractivity contribution in [3.63, 3.8) is 0 Å². The van der Waals surface area contributed by atoms with Gasteiger partial charge in [0.1, 0.15) is 23.9 Å². The molecule has 0 amide bonds. The lowest BCUT2D eigenvalue weighted by atomic mass is 10.0. The van der Waals surface area contributed by atoms with Gasteiger partial charge in [-0.2, -0.15) is 0 Å². The number of benzene rings is 2. The highest BCUT2D eigenvalue weighted by molar-refractivity contribution is 6.03. The molecule has 0 bridgehead atoms. The quantitative estimate of drug-likeness (QED) is 0.869. The van der Waals surface area contributed by atoms with E-state index >= 15 is 0 Å². The first-order valence-corrected chi connectivity index (χ1v) is 6.35. The molecule has 2 aromatic rings. The van der Waals surface area contributed by atoms with E-state index in [0.717, 1.165) is 28.8 Å². The average molecular weight is 266 g/mol. The van der Waals surface area contributed by atoms with E-state index < -0.39 is 0 Å². The highest BCUT2D eigenvalue weighted by Gasteiger charge is 2.21. The third-order valence-corrected chi connectivity index (χ3v) is 3.28. The molecule has 1 aliphatic rings. The van der Waals surface area contributed by atoms with Crippen LogP contribution >= 0.6 is 0 Å². The van der Waals surface area contributed by atoms with Gasteiger partial charge in [0.2, 0.25) is 0 Å². The largest absolute Gasteiger partial charge is 0.497 e. The van der Waals surface area contributed by atoms with E-state index in [1.165, 1.54) is 0 Å². The van der Waals surface area contributed by atoms with Crippen LogP contribution in [0.4, 0.5) is 5.69 Å². The number of ether oxygens (including phenoxy) is 1. The van der Waals surface area contributed by atoms with Gasteiger partial charge in [0.05, 0.1) is 12.8 Å². The number of nitrogens with one attached hydrogen (secondary N) is 1. The molecule has 2 aromatic carbocycles. The monoisotopic (exact) mass is 266 g/mol. The average Bonchev–Trinajstić information content (AvgIpc) is 2.53. The van der Waals surface area contributed by atoms with E-state index in [-0.39, 0.29) is 6.04 Å². The van der Waals surface area contributed by atoms with Gasteiger partial charge in [-0.1, -0.05) is 30.3 Å². The summed E-state index contributed by atoms with van der Waals surface area (Å²) in [7, 11) is 1.62. The molecule has 0 fully saturated rings. The number of hydrogen-bond acceptors (Lipinski definition) is 4. The molecule has 4 nitrogen and oxygen atoms in total. The number of methoxy groups -OCH3 is 1.